The zero-order chi connectivity index (χ0) is 21.2. The Morgan fingerprint density at radius 2 is 2.26 bits per heavy atom. The maximum atomic E-state index is 9.18. The van der Waals surface area contributed by atoms with Gasteiger partial charge in [0.15, 0.2) is 0 Å². The van der Waals surface area contributed by atoms with E-state index in [2.05, 4.69) is 21.4 Å². The highest BCUT2D eigenvalue weighted by molar-refractivity contribution is 5.84. The van der Waals surface area contributed by atoms with E-state index < -0.39 is 0 Å². The smallest absolute Gasteiger partial charge is 0.141 e. The topological polar surface area (TPSA) is 91.5 Å². The molecule has 0 aliphatic carbocycles. The summed E-state index contributed by atoms with van der Waals surface area (Å²) in [4.78, 5) is 4.56. The van der Waals surface area contributed by atoms with E-state index in [4.69, 9.17) is 14.2 Å². The number of rotatable bonds is 6. The predicted molar refractivity (Wildman–Crippen MR) is 114 cm³/mol. The summed E-state index contributed by atoms with van der Waals surface area (Å²) < 4.78 is 19.4. The molecule has 0 saturated carbocycles. The van der Waals surface area contributed by atoms with E-state index >= 15 is 0 Å². The normalized spacial score (nSPS) is 22.3. The van der Waals surface area contributed by atoms with Crippen LogP contribution in [0.4, 0.5) is 0 Å². The van der Waals surface area contributed by atoms with Crippen molar-refractivity contribution in [2.75, 3.05) is 19.8 Å². The van der Waals surface area contributed by atoms with Gasteiger partial charge in [0.1, 0.15) is 17.5 Å². The first-order valence-electron chi connectivity index (χ1n) is 11.0. The van der Waals surface area contributed by atoms with Crippen LogP contribution in [0.3, 0.4) is 0 Å². The molecule has 2 aliphatic rings. The average Bonchev–Trinajstić information content (AvgIpc) is 3.30. The monoisotopic (exact) mass is 424 g/mol. The minimum Gasteiger partial charge on any atom is -0.484 e. The molecule has 164 valence electrons. The Kier molecular flexibility index (Phi) is 5.85. The van der Waals surface area contributed by atoms with E-state index in [1.807, 2.05) is 36.1 Å². The highest BCUT2D eigenvalue weighted by Crippen LogP contribution is 2.31. The van der Waals surface area contributed by atoms with Gasteiger partial charge in [-0.1, -0.05) is 5.21 Å². The van der Waals surface area contributed by atoms with Crippen LogP contribution in [0.15, 0.2) is 30.6 Å². The van der Waals surface area contributed by atoms with Gasteiger partial charge >= 0.3 is 0 Å². The molecule has 0 radical (unpaired) electrons. The van der Waals surface area contributed by atoms with Gasteiger partial charge in [0, 0.05) is 24.8 Å². The molecule has 3 aromatic rings. The van der Waals surface area contributed by atoms with E-state index in [0.717, 1.165) is 53.8 Å². The summed E-state index contributed by atoms with van der Waals surface area (Å²) in [7, 11) is 0. The van der Waals surface area contributed by atoms with Crippen molar-refractivity contribution in [3.8, 4) is 5.75 Å². The van der Waals surface area contributed by atoms with Crippen LogP contribution in [-0.2, 0) is 22.5 Å². The van der Waals surface area contributed by atoms with Gasteiger partial charge in [0.25, 0.3) is 0 Å². The molecule has 1 aromatic carbocycles. The van der Waals surface area contributed by atoms with Gasteiger partial charge < -0.3 is 19.3 Å². The molecule has 3 unspecified atom stereocenters. The summed E-state index contributed by atoms with van der Waals surface area (Å²) in [6.07, 6.45) is 7.02. The number of pyridine rings is 1. The number of aliphatic hydroxyl groups is 1. The van der Waals surface area contributed by atoms with Crippen LogP contribution in [0.25, 0.3) is 10.9 Å². The molecular weight excluding hydrogens is 396 g/mol. The van der Waals surface area contributed by atoms with Crippen LogP contribution in [0.1, 0.15) is 55.2 Å². The highest BCUT2D eigenvalue weighted by Gasteiger charge is 2.25. The van der Waals surface area contributed by atoms with Crippen LogP contribution in [0.2, 0.25) is 0 Å². The molecule has 8 heteroatoms. The molecule has 31 heavy (non-hydrogen) atoms. The molecule has 1 saturated heterocycles. The SMILES string of the molecule is CC(Oc1ccc2ncc3c(c2c1)CCOC3)c1cn(C2CCOC(CCO)C2)nn1. The van der Waals surface area contributed by atoms with Crippen molar-refractivity contribution in [2.24, 2.45) is 0 Å². The van der Waals surface area contributed by atoms with Crippen molar-refractivity contribution >= 4 is 10.9 Å². The van der Waals surface area contributed by atoms with E-state index in [1.165, 1.54) is 5.56 Å². The van der Waals surface area contributed by atoms with E-state index in [-0.39, 0.29) is 24.9 Å². The second kappa shape index (κ2) is 8.90. The molecular formula is C23H28N4O4. The van der Waals surface area contributed by atoms with Crippen molar-refractivity contribution in [3.05, 3.63) is 47.4 Å². The fourth-order valence-corrected chi connectivity index (χ4v) is 4.48. The molecule has 0 spiro atoms. The van der Waals surface area contributed by atoms with Gasteiger partial charge in [-0.15, -0.1) is 5.10 Å². The minimum absolute atomic E-state index is 0.0765. The molecule has 3 atom stereocenters. The number of aliphatic hydroxyl groups excluding tert-OH is 1. The molecule has 4 heterocycles. The zero-order valence-electron chi connectivity index (χ0n) is 17.7. The van der Waals surface area contributed by atoms with Crippen LogP contribution in [0, 0.1) is 0 Å². The summed E-state index contributed by atoms with van der Waals surface area (Å²) in [5, 5.41) is 19.0. The van der Waals surface area contributed by atoms with Gasteiger partial charge in [-0.05, 0) is 61.9 Å². The number of fused-ring (bicyclic) bond motifs is 3. The van der Waals surface area contributed by atoms with Crippen LogP contribution >= 0.6 is 0 Å². The van der Waals surface area contributed by atoms with E-state index in [1.54, 1.807) is 0 Å². The summed E-state index contributed by atoms with van der Waals surface area (Å²) in [6, 6.07) is 6.28. The lowest BCUT2D eigenvalue weighted by Gasteiger charge is -2.29. The first-order chi connectivity index (χ1) is 15.2. The summed E-state index contributed by atoms with van der Waals surface area (Å²) in [6.45, 7) is 4.17. The van der Waals surface area contributed by atoms with Crippen LogP contribution in [0.5, 0.6) is 5.75 Å². The first-order valence-corrected chi connectivity index (χ1v) is 11.0. The second-order valence-electron chi connectivity index (χ2n) is 8.31. The molecule has 0 bridgehead atoms. The Bertz CT molecular complexity index is 1050. The Labute approximate surface area is 181 Å². The van der Waals surface area contributed by atoms with Gasteiger partial charge in [0.05, 0.1) is 37.1 Å². The van der Waals surface area contributed by atoms with E-state index in [9.17, 15) is 5.11 Å². The molecule has 2 aliphatic heterocycles. The average molecular weight is 425 g/mol. The third kappa shape index (κ3) is 4.28. The lowest BCUT2D eigenvalue weighted by molar-refractivity contribution is -0.0198. The second-order valence-corrected chi connectivity index (χ2v) is 8.31. The summed E-state index contributed by atoms with van der Waals surface area (Å²) in [5.74, 6) is 0.797. The van der Waals surface area contributed by atoms with Gasteiger partial charge in [-0.3, -0.25) is 4.98 Å². The molecule has 1 N–H and O–H groups in total. The quantitative estimate of drug-likeness (QED) is 0.650. The molecule has 0 amide bonds. The van der Waals surface area contributed by atoms with Crippen molar-refractivity contribution in [2.45, 2.75) is 57.5 Å². The van der Waals surface area contributed by atoms with E-state index in [0.29, 0.717) is 19.6 Å². The van der Waals surface area contributed by atoms with Crippen molar-refractivity contribution in [1.29, 1.82) is 0 Å². The fourth-order valence-electron chi connectivity index (χ4n) is 4.48. The Balaban J connectivity index is 1.31. The Hall–Kier alpha value is -2.55. The Morgan fingerprint density at radius 3 is 3.16 bits per heavy atom. The third-order valence-electron chi connectivity index (χ3n) is 6.22. The molecule has 5 rings (SSSR count). The van der Waals surface area contributed by atoms with Crippen molar-refractivity contribution < 1.29 is 19.3 Å². The largest absolute Gasteiger partial charge is 0.484 e. The van der Waals surface area contributed by atoms with Crippen LogP contribution < -0.4 is 4.74 Å². The number of ether oxygens (including phenoxy) is 3. The van der Waals surface area contributed by atoms with Gasteiger partial charge in [-0.25, -0.2) is 4.68 Å². The predicted octanol–water partition coefficient (Wildman–Crippen LogP) is 3.14. The minimum atomic E-state index is -0.227. The maximum absolute atomic E-state index is 9.18. The number of benzene rings is 1. The molecule has 8 nitrogen and oxygen atoms in total. The maximum Gasteiger partial charge on any atom is 0.141 e. The number of aromatic nitrogens is 4. The standard InChI is InChI=1S/C23H28N4O4/c1-15(23-13-27(26-25-23)17-5-9-30-18(10-17)4-7-28)31-19-2-3-22-21(11-19)20-6-8-29-14-16(20)12-24-22/h2-3,11-13,15,17-18,28H,4-10,14H2,1H3. The van der Waals surface area contributed by atoms with Gasteiger partial charge in [-0.2, -0.15) is 0 Å². The first kappa shape index (κ1) is 20.4. The number of hydrogen-bond acceptors (Lipinski definition) is 7. The Morgan fingerprint density at radius 1 is 1.32 bits per heavy atom. The van der Waals surface area contributed by atoms with Crippen molar-refractivity contribution in [1.82, 2.24) is 20.0 Å². The molecule has 2 aromatic heterocycles. The number of hydrogen-bond donors (Lipinski definition) is 1. The van der Waals surface area contributed by atoms with Gasteiger partial charge in [0.2, 0.25) is 0 Å². The lowest BCUT2D eigenvalue weighted by Crippen LogP contribution is -2.28. The summed E-state index contributed by atoms with van der Waals surface area (Å²) >= 11 is 0. The highest BCUT2D eigenvalue weighted by atomic mass is 16.5. The lowest BCUT2D eigenvalue weighted by atomic mass is 10.00. The summed E-state index contributed by atoms with van der Waals surface area (Å²) in [5.41, 5.74) is 4.23. The fraction of sp³-hybridized carbons (Fsp3) is 0.522. The van der Waals surface area contributed by atoms with Crippen LogP contribution in [-0.4, -0.2) is 51.0 Å². The zero-order valence-corrected chi connectivity index (χ0v) is 17.7. The number of nitrogens with zero attached hydrogens (tertiary/aromatic N) is 4. The van der Waals surface area contributed by atoms with Crippen molar-refractivity contribution in [3.63, 3.8) is 0 Å². The molecule has 1 fully saturated rings. The third-order valence-corrected chi connectivity index (χ3v) is 6.22.